The molecule has 3 aromatic carbocycles. The molecule has 1 aliphatic heterocycles. The Morgan fingerprint density at radius 1 is 1.03 bits per heavy atom. The average molecular weight is 521 g/mol. The van der Waals surface area contributed by atoms with Gasteiger partial charge in [0.2, 0.25) is 5.75 Å². The summed E-state index contributed by atoms with van der Waals surface area (Å²) in [6, 6.07) is 17.6. The number of hydrogen-bond donors (Lipinski definition) is 3. The van der Waals surface area contributed by atoms with Crippen LogP contribution in [0.5, 0.6) is 17.2 Å². The Bertz CT molecular complexity index is 1270. The van der Waals surface area contributed by atoms with E-state index in [1.54, 1.807) is 48.5 Å². The van der Waals surface area contributed by atoms with E-state index in [0.717, 1.165) is 11.3 Å². The first-order chi connectivity index (χ1) is 18.3. The first-order valence-electron chi connectivity index (χ1n) is 12.1. The molecule has 200 valence electrons. The van der Waals surface area contributed by atoms with Crippen molar-refractivity contribution in [3.8, 4) is 17.2 Å². The van der Waals surface area contributed by atoms with E-state index >= 15 is 0 Å². The molecule has 1 saturated heterocycles. The van der Waals surface area contributed by atoms with Gasteiger partial charge in [0, 0.05) is 30.9 Å². The standard InChI is InChI=1S/C28H32N4O6/c1-36-24-14-18(15-25(37-2)26(24)38-3)16-32(28(34)35)21-12-13-31(17-21)20-10-8-19(9-11-20)27(33)30-23-7-5-4-6-22(23)29/h4-11,14-15,21H,12-13,16-17,29H2,1-3H3,(H,30,33)(H,34,35). The van der Waals surface area contributed by atoms with Crippen LogP contribution in [-0.2, 0) is 6.54 Å². The Hall–Kier alpha value is -4.60. The number of carboxylic acid groups (broad SMARTS) is 1. The number of benzene rings is 3. The molecule has 1 fully saturated rings. The smallest absolute Gasteiger partial charge is 0.407 e. The third kappa shape index (κ3) is 5.69. The van der Waals surface area contributed by atoms with Crippen LogP contribution in [0.3, 0.4) is 0 Å². The summed E-state index contributed by atoms with van der Waals surface area (Å²) in [6.45, 7) is 1.39. The molecule has 0 saturated carbocycles. The van der Waals surface area contributed by atoms with Crippen molar-refractivity contribution >= 4 is 29.1 Å². The molecular formula is C28H32N4O6. The van der Waals surface area contributed by atoms with E-state index in [1.165, 1.54) is 26.2 Å². The van der Waals surface area contributed by atoms with Crippen molar-refractivity contribution in [2.45, 2.75) is 19.0 Å². The van der Waals surface area contributed by atoms with E-state index in [4.69, 9.17) is 19.9 Å². The van der Waals surface area contributed by atoms with E-state index in [1.807, 2.05) is 12.1 Å². The maximum atomic E-state index is 12.6. The summed E-state index contributed by atoms with van der Waals surface area (Å²) in [6.07, 6.45) is -0.329. The van der Waals surface area contributed by atoms with E-state index in [2.05, 4.69) is 10.2 Å². The maximum absolute atomic E-state index is 12.6. The number of carbonyl (C=O) groups excluding carboxylic acids is 1. The fourth-order valence-electron chi connectivity index (χ4n) is 4.64. The number of nitrogens with one attached hydrogen (secondary N) is 1. The van der Waals surface area contributed by atoms with Crippen molar-refractivity contribution in [3.05, 3.63) is 71.8 Å². The number of methoxy groups -OCH3 is 3. The summed E-state index contributed by atoms with van der Waals surface area (Å²) in [5.41, 5.74) is 9.12. The van der Waals surface area contributed by atoms with Crippen LogP contribution in [0.4, 0.5) is 21.9 Å². The number of para-hydroxylation sites is 2. The normalized spacial score (nSPS) is 14.6. The Kier molecular flexibility index (Phi) is 8.10. The Labute approximate surface area is 221 Å². The molecule has 0 bridgehead atoms. The Balaban J connectivity index is 1.44. The van der Waals surface area contributed by atoms with Crippen molar-refractivity contribution in [2.75, 3.05) is 50.4 Å². The highest BCUT2D eigenvalue weighted by Gasteiger charge is 2.31. The number of hydrogen-bond acceptors (Lipinski definition) is 7. The summed E-state index contributed by atoms with van der Waals surface area (Å²) >= 11 is 0. The second-order valence-electron chi connectivity index (χ2n) is 8.92. The second-order valence-corrected chi connectivity index (χ2v) is 8.92. The lowest BCUT2D eigenvalue weighted by Gasteiger charge is -2.27. The molecule has 1 aliphatic rings. The topological polar surface area (TPSA) is 127 Å². The highest BCUT2D eigenvalue weighted by Crippen LogP contribution is 2.39. The lowest BCUT2D eigenvalue weighted by molar-refractivity contribution is 0.102. The van der Waals surface area contributed by atoms with Crippen molar-refractivity contribution in [2.24, 2.45) is 0 Å². The summed E-state index contributed by atoms with van der Waals surface area (Å²) in [5.74, 6) is 1.15. The fraction of sp³-hybridized carbons (Fsp3) is 0.286. The van der Waals surface area contributed by atoms with Gasteiger partial charge in [0.05, 0.1) is 38.7 Å². The minimum Gasteiger partial charge on any atom is -0.493 e. The first kappa shape index (κ1) is 26.5. The largest absolute Gasteiger partial charge is 0.493 e. The van der Waals surface area contributed by atoms with Crippen molar-refractivity contribution in [1.82, 2.24) is 4.90 Å². The van der Waals surface area contributed by atoms with Gasteiger partial charge >= 0.3 is 6.09 Å². The van der Waals surface area contributed by atoms with Gasteiger partial charge in [-0.25, -0.2) is 4.79 Å². The van der Waals surface area contributed by atoms with Gasteiger partial charge < -0.3 is 35.3 Å². The van der Waals surface area contributed by atoms with Crippen LogP contribution >= 0.6 is 0 Å². The molecule has 4 N–H and O–H groups in total. The predicted octanol–water partition coefficient (Wildman–Crippen LogP) is 4.31. The molecule has 1 atom stereocenters. The van der Waals surface area contributed by atoms with Gasteiger partial charge in [0.1, 0.15) is 0 Å². The number of nitrogens with zero attached hydrogens (tertiary/aromatic N) is 2. The molecular weight excluding hydrogens is 488 g/mol. The third-order valence-corrected chi connectivity index (χ3v) is 6.63. The molecule has 3 aromatic rings. The predicted molar refractivity (Wildman–Crippen MR) is 146 cm³/mol. The van der Waals surface area contributed by atoms with Crippen LogP contribution < -0.4 is 30.2 Å². The number of anilines is 3. The minimum absolute atomic E-state index is 0.173. The summed E-state index contributed by atoms with van der Waals surface area (Å²) < 4.78 is 16.2. The number of nitrogens with two attached hydrogens (primary N) is 1. The molecule has 0 aromatic heterocycles. The van der Waals surface area contributed by atoms with Crippen molar-refractivity contribution in [1.29, 1.82) is 0 Å². The van der Waals surface area contributed by atoms with Crippen LogP contribution in [0, 0.1) is 0 Å². The minimum atomic E-state index is -1.00. The van der Waals surface area contributed by atoms with Gasteiger partial charge in [-0.3, -0.25) is 9.69 Å². The molecule has 0 aliphatic carbocycles. The molecule has 38 heavy (non-hydrogen) atoms. The highest BCUT2D eigenvalue weighted by molar-refractivity contribution is 6.05. The van der Waals surface area contributed by atoms with E-state index < -0.39 is 6.09 Å². The SMILES string of the molecule is COc1cc(CN(C(=O)O)C2CCN(c3ccc(C(=O)Nc4ccccc4N)cc3)C2)cc(OC)c1OC. The molecule has 4 rings (SSSR count). The third-order valence-electron chi connectivity index (χ3n) is 6.63. The van der Waals surface area contributed by atoms with Crippen molar-refractivity contribution < 1.29 is 28.9 Å². The first-order valence-corrected chi connectivity index (χ1v) is 12.1. The summed E-state index contributed by atoms with van der Waals surface area (Å²) in [5, 5.41) is 12.8. The number of rotatable bonds is 9. The van der Waals surface area contributed by atoms with Gasteiger partial charge in [-0.15, -0.1) is 0 Å². The highest BCUT2D eigenvalue weighted by atomic mass is 16.5. The fourth-order valence-corrected chi connectivity index (χ4v) is 4.64. The number of amides is 2. The zero-order valence-electron chi connectivity index (χ0n) is 21.6. The van der Waals surface area contributed by atoms with Crippen molar-refractivity contribution in [3.63, 3.8) is 0 Å². The van der Waals surface area contributed by atoms with Gasteiger partial charge in [-0.2, -0.15) is 0 Å². The van der Waals surface area contributed by atoms with Gasteiger partial charge in [0.25, 0.3) is 5.91 Å². The molecule has 2 amide bonds. The van der Waals surface area contributed by atoms with Crippen LogP contribution in [0.1, 0.15) is 22.3 Å². The molecule has 0 spiro atoms. The van der Waals surface area contributed by atoms with E-state index in [9.17, 15) is 14.7 Å². The number of nitrogen functional groups attached to an aromatic ring is 1. The van der Waals surface area contributed by atoms with Crippen LogP contribution in [0.25, 0.3) is 0 Å². The average Bonchev–Trinajstić information content (AvgIpc) is 3.42. The van der Waals surface area contributed by atoms with Crippen LogP contribution in [-0.4, -0.2) is 62.5 Å². The summed E-state index contributed by atoms with van der Waals surface area (Å²) in [7, 11) is 4.57. The van der Waals surface area contributed by atoms with Crippen LogP contribution in [0.2, 0.25) is 0 Å². The lowest BCUT2D eigenvalue weighted by Crippen LogP contribution is -2.40. The number of ether oxygens (including phenoxy) is 3. The molecule has 10 nitrogen and oxygen atoms in total. The second kappa shape index (κ2) is 11.6. The Morgan fingerprint density at radius 2 is 1.68 bits per heavy atom. The van der Waals surface area contributed by atoms with E-state index in [-0.39, 0.29) is 18.5 Å². The van der Waals surface area contributed by atoms with Gasteiger partial charge in [-0.1, -0.05) is 12.1 Å². The quantitative estimate of drug-likeness (QED) is 0.357. The van der Waals surface area contributed by atoms with E-state index in [0.29, 0.717) is 53.7 Å². The monoisotopic (exact) mass is 520 g/mol. The van der Waals surface area contributed by atoms with Gasteiger partial charge in [-0.05, 0) is 60.5 Å². The molecule has 0 radical (unpaired) electrons. The lowest BCUT2D eigenvalue weighted by atomic mass is 10.1. The molecule has 10 heteroatoms. The molecule has 1 heterocycles. The Morgan fingerprint density at radius 3 is 2.26 bits per heavy atom. The molecule has 1 unspecified atom stereocenters. The van der Waals surface area contributed by atoms with Gasteiger partial charge in [0.15, 0.2) is 11.5 Å². The zero-order chi connectivity index (χ0) is 27.2. The van der Waals surface area contributed by atoms with Crippen LogP contribution in [0.15, 0.2) is 60.7 Å². The summed E-state index contributed by atoms with van der Waals surface area (Å²) in [4.78, 5) is 28.4. The zero-order valence-corrected chi connectivity index (χ0v) is 21.6. The number of carbonyl (C=O) groups is 2. The maximum Gasteiger partial charge on any atom is 0.407 e.